The summed E-state index contributed by atoms with van der Waals surface area (Å²) in [6, 6.07) is 2.76. The van der Waals surface area contributed by atoms with Crippen LogP contribution in [0.25, 0.3) is 0 Å². The fourth-order valence-corrected chi connectivity index (χ4v) is 2.55. The molecule has 0 spiro atoms. The molecule has 1 aliphatic rings. The maximum absolute atomic E-state index is 4.15. The monoisotopic (exact) mass is 190 g/mol. The highest BCUT2D eigenvalue weighted by atomic mass is 15.0. The number of hydrogen-bond acceptors (Lipinski definition) is 2. The molecule has 1 aromatic heterocycles. The Bertz CT molecular complexity index is 312. The van der Waals surface area contributed by atoms with Gasteiger partial charge in [-0.1, -0.05) is 6.92 Å². The van der Waals surface area contributed by atoms with E-state index in [0.717, 1.165) is 12.5 Å². The van der Waals surface area contributed by atoms with Gasteiger partial charge in [0.2, 0.25) is 0 Å². The fraction of sp³-hybridized carbons (Fsp3) is 0.583. The van der Waals surface area contributed by atoms with Crippen LogP contribution in [-0.4, -0.2) is 17.6 Å². The van der Waals surface area contributed by atoms with Crippen LogP contribution in [0.1, 0.15) is 30.9 Å². The first-order chi connectivity index (χ1) is 6.70. The molecule has 76 valence electrons. The first-order valence-electron chi connectivity index (χ1n) is 5.34. The van der Waals surface area contributed by atoms with E-state index >= 15 is 0 Å². The van der Waals surface area contributed by atoms with Crippen LogP contribution in [-0.2, 0) is 0 Å². The van der Waals surface area contributed by atoms with E-state index in [1.807, 2.05) is 12.4 Å². The van der Waals surface area contributed by atoms with Crippen molar-refractivity contribution in [2.45, 2.75) is 32.7 Å². The van der Waals surface area contributed by atoms with Crippen LogP contribution in [0.15, 0.2) is 18.5 Å². The maximum Gasteiger partial charge on any atom is 0.0299 e. The van der Waals surface area contributed by atoms with Gasteiger partial charge in [0.25, 0.3) is 0 Å². The van der Waals surface area contributed by atoms with Gasteiger partial charge in [-0.3, -0.25) is 4.98 Å². The molecule has 1 saturated heterocycles. The largest absolute Gasteiger partial charge is 0.313 e. The minimum atomic E-state index is 0.589. The molecular formula is C12H18N2. The lowest BCUT2D eigenvalue weighted by Gasteiger charge is -2.21. The molecule has 3 unspecified atom stereocenters. The van der Waals surface area contributed by atoms with Crippen molar-refractivity contribution in [3.63, 3.8) is 0 Å². The highest BCUT2D eigenvalue weighted by Crippen LogP contribution is 2.33. The molecular weight excluding hydrogens is 172 g/mol. The van der Waals surface area contributed by atoms with Crippen LogP contribution in [0.5, 0.6) is 0 Å². The lowest BCUT2D eigenvalue weighted by Crippen LogP contribution is -2.22. The summed E-state index contributed by atoms with van der Waals surface area (Å²) in [6.07, 6.45) is 3.87. The Morgan fingerprint density at radius 3 is 2.79 bits per heavy atom. The Hall–Kier alpha value is -0.890. The van der Waals surface area contributed by atoms with E-state index in [9.17, 15) is 0 Å². The molecule has 0 saturated carbocycles. The Morgan fingerprint density at radius 1 is 1.43 bits per heavy atom. The predicted octanol–water partition coefficient (Wildman–Crippen LogP) is 2.10. The molecule has 0 bridgehead atoms. The summed E-state index contributed by atoms with van der Waals surface area (Å²) in [6.45, 7) is 7.88. The Kier molecular flexibility index (Phi) is 2.55. The third-order valence-corrected chi connectivity index (χ3v) is 3.34. The maximum atomic E-state index is 4.15. The lowest BCUT2D eigenvalue weighted by molar-refractivity contribution is 0.517. The van der Waals surface area contributed by atoms with Crippen LogP contribution in [0.3, 0.4) is 0 Å². The van der Waals surface area contributed by atoms with Crippen LogP contribution >= 0.6 is 0 Å². The minimum Gasteiger partial charge on any atom is -0.313 e. The van der Waals surface area contributed by atoms with Crippen LogP contribution in [0, 0.1) is 12.8 Å². The van der Waals surface area contributed by atoms with E-state index in [1.54, 1.807) is 0 Å². The molecule has 0 aromatic carbocycles. The summed E-state index contributed by atoms with van der Waals surface area (Å²) in [5.41, 5.74) is 2.78. The summed E-state index contributed by atoms with van der Waals surface area (Å²) >= 11 is 0. The molecule has 2 heterocycles. The predicted molar refractivity (Wildman–Crippen MR) is 58.3 cm³/mol. The second kappa shape index (κ2) is 3.70. The number of rotatable bonds is 1. The van der Waals surface area contributed by atoms with Gasteiger partial charge in [-0.2, -0.15) is 0 Å². The standard InChI is InChI=1S/C12H18N2/c1-8-6-13-5-4-11(8)12-9(2)7-14-10(12)3/h4-6,9-10,12,14H,7H2,1-3H3. The van der Waals surface area contributed by atoms with E-state index in [2.05, 4.69) is 37.1 Å². The lowest BCUT2D eigenvalue weighted by atomic mass is 9.84. The first-order valence-corrected chi connectivity index (χ1v) is 5.34. The number of nitrogens with zero attached hydrogens (tertiary/aromatic N) is 1. The van der Waals surface area contributed by atoms with Crippen molar-refractivity contribution in [3.8, 4) is 0 Å². The molecule has 3 atom stereocenters. The quantitative estimate of drug-likeness (QED) is 0.733. The number of aryl methyl sites for hydroxylation is 1. The van der Waals surface area contributed by atoms with Gasteiger partial charge in [0.15, 0.2) is 0 Å². The fourth-order valence-electron chi connectivity index (χ4n) is 2.55. The highest BCUT2D eigenvalue weighted by Gasteiger charge is 2.31. The van der Waals surface area contributed by atoms with E-state index in [-0.39, 0.29) is 0 Å². The second-order valence-corrected chi connectivity index (χ2v) is 4.43. The Balaban J connectivity index is 2.34. The van der Waals surface area contributed by atoms with Gasteiger partial charge in [0.05, 0.1) is 0 Å². The van der Waals surface area contributed by atoms with Crippen molar-refractivity contribution in [1.29, 1.82) is 0 Å². The van der Waals surface area contributed by atoms with Crippen molar-refractivity contribution in [1.82, 2.24) is 10.3 Å². The zero-order chi connectivity index (χ0) is 10.1. The van der Waals surface area contributed by atoms with Crippen molar-refractivity contribution < 1.29 is 0 Å². The highest BCUT2D eigenvalue weighted by molar-refractivity contribution is 5.29. The summed E-state index contributed by atoms with van der Waals surface area (Å²) in [5.74, 6) is 1.38. The molecule has 14 heavy (non-hydrogen) atoms. The molecule has 2 nitrogen and oxygen atoms in total. The minimum absolute atomic E-state index is 0.589. The SMILES string of the molecule is Cc1cnccc1C1C(C)CNC1C. The summed E-state index contributed by atoms with van der Waals surface area (Å²) in [7, 11) is 0. The van der Waals surface area contributed by atoms with Crippen LogP contribution in [0.2, 0.25) is 0 Å². The second-order valence-electron chi connectivity index (χ2n) is 4.43. The van der Waals surface area contributed by atoms with Gasteiger partial charge in [0.1, 0.15) is 0 Å². The molecule has 1 N–H and O–H groups in total. The topological polar surface area (TPSA) is 24.9 Å². The van der Waals surface area contributed by atoms with Gasteiger partial charge >= 0.3 is 0 Å². The normalized spacial score (nSPS) is 32.1. The van der Waals surface area contributed by atoms with Gasteiger partial charge in [-0.25, -0.2) is 0 Å². The molecule has 2 heteroatoms. The van der Waals surface area contributed by atoms with Gasteiger partial charge < -0.3 is 5.32 Å². The molecule has 0 radical (unpaired) electrons. The smallest absolute Gasteiger partial charge is 0.0299 e. The number of pyridine rings is 1. The zero-order valence-corrected chi connectivity index (χ0v) is 9.12. The van der Waals surface area contributed by atoms with Crippen molar-refractivity contribution >= 4 is 0 Å². The third-order valence-electron chi connectivity index (χ3n) is 3.34. The molecule has 0 amide bonds. The van der Waals surface area contributed by atoms with Crippen molar-refractivity contribution in [3.05, 3.63) is 29.6 Å². The number of nitrogens with one attached hydrogen (secondary N) is 1. The van der Waals surface area contributed by atoms with Gasteiger partial charge in [0, 0.05) is 24.4 Å². The van der Waals surface area contributed by atoms with Crippen molar-refractivity contribution in [2.24, 2.45) is 5.92 Å². The Labute approximate surface area is 85.7 Å². The molecule has 1 aliphatic heterocycles. The third kappa shape index (κ3) is 1.55. The molecule has 0 aliphatic carbocycles. The summed E-state index contributed by atoms with van der Waals surface area (Å²) in [5, 5.41) is 3.52. The molecule has 1 aromatic rings. The van der Waals surface area contributed by atoms with Gasteiger partial charge in [-0.05, 0) is 43.5 Å². The first kappa shape index (κ1) is 9.66. The average Bonchev–Trinajstić information content (AvgIpc) is 2.48. The summed E-state index contributed by atoms with van der Waals surface area (Å²) < 4.78 is 0. The van der Waals surface area contributed by atoms with E-state index in [1.165, 1.54) is 11.1 Å². The van der Waals surface area contributed by atoms with E-state index < -0.39 is 0 Å². The van der Waals surface area contributed by atoms with E-state index in [0.29, 0.717) is 12.0 Å². The average molecular weight is 190 g/mol. The van der Waals surface area contributed by atoms with Gasteiger partial charge in [-0.15, -0.1) is 0 Å². The number of aromatic nitrogens is 1. The Morgan fingerprint density at radius 2 is 2.21 bits per heavy atom. The van der Waals surface area contributed by atoms with Crippen LogP contribution in [0.4, 0.5) is 0 Å². The summed E-state index contributed by atoms with van der Waals surface area (Å²) in [4.78, 5) is 4.15. The number of hydrogen-bond donors (Lipinski definition) is 1. The van der Waals surface area contributed by atoms with Crippen molar-refractivity contribution in [2.75, 3.05) is 6.54 Å². The zero-order valence-electron chi connectivity index (χ0n) is 9.12. The van der Waals surface area contributed by atoms with E-state index in [4.69, 9.17) is 0 Å². The van der Waals surface area contributed by atoms with Crippen LogP contribution < -0.4 is 5.32 Å². The molecule has 1 fully saturated rings. The molecule has 2 rings (SSSR count).